The van der Waals surface area contributed by atoms with Crippen LogP contribution in [0.25, 0.3) is 0 Å². The number of rotatable bonds is 7. The minimum Gasteiger partial charge on any atom is -0.376 e. The average Bonchev–Trinajstić information content (AvgIpc) is 2.98. The molecule has 23 heavy (non-hydrogen) atoms. The van der Waals surface area contributed by atoms with E-state index in [0.29, 0.717) is 6.10 Å². The summed E-state index contributed by atoms with van der Waals surface area (Å²) >= 11 is 0. The first-order chi connectivity index (χ1) is 11.3. The SMILES string of the molecule is CCNC(=NCC1CCCO1)NCCCN1CCCN(C)CC1. The predicted octanol–water partition coefficient (Wildman–Crippen LogP) is 0.748. The van der Waals surface area contributed by atoms with E-state index >= 15 is 0 Å². The van der Waals surface area contributed by atoms with Crippen LogP contribution in [-0.4, -0.2) is 87.9 Å². The Balaban J connectivity index is 1.62. The molecular weight excluding hydrogens is 290 g/mol. The molecule has 0 bridgehead atoms. The summed E-state index contributed by atoms with van der Waals surface area (Å²) in [4.78, 5) is 9.67. The highest BCUT2D eigenvalue weighted by Crippen LogP contribution is 2.11. The van der Waals surface area contributed by atoms with Crippen molar-refractivity contribution in [3.05, 3.63) is 0 Å². The molecule has 2 saturated heterocycles. The number of guanidine groups is 1. The van der Waals surface area contributed by atoms with E-state index in [-0.39, 0.29) is 0 Å². The highest BCUT2D eigenvalue weighted by Gasteiger charge is 2.15. The largest absolute Gasteiger partial charge is 0.376 e. The molecule has 0 saturated carbocycles. The maximum absolute atomic E-state index is 5.63. The van der Waals surface area contributed by atoms with E-state index in [0.717, 1.165) is 45.0 Å². The van der Waals surface area contributed by atoms with Crippen molar-refractivity contribution in [3.8, 4) is 0 Å². The van der Waals surface area contributed by atoms with Gasteiger partial charge in [0.15, 0.2) is 5.96 Å². The fourth-order valence-electron chi connectivity index (χ4n) is 3.16. The van der Waals surface area contributed by atoms with Gasteiger partial charge in [0.25, 0.3) is 0 Å². The highest BCUT2D eigenvalue weighted by molar-refractivity contribution is 5.79. The Bertz CT molecular complexity index is 344. The van der Waals surface area contributed by atoms with Crippen LogP contribution in [0.5, 0.6) is 0 Å². The second-order valence-electron chi connectivity index (χ2n) is 6.63. The van der Waals surface area contributed by atoms with Crippen LogP contribution in [0.1, 0.15) is 32.6 Å². The molecule has 1 atom stereocenters. The van der Waals surface area contributed by atoms with Gasteiger partial charge in [-0.3, -0.25) is 4.99 Å². The first kappa shape index (κ1) is 18.5. The minimum atomic E-state index is 0.319. The summed E-state index contributed by atoms with van der Waals surface area (Å²) in [5.41, 5.74) is 0. The normalized spacial score (nSPS) is 24.6. The van der Waals surface area contributed by atoms with Gasteiger partial charge in [0.05, 0.1) is 12.6 Å². The van der Waals surface area contributed by atoms with Crippen LogP contribution in [-0.2, 0) is 4.74 Å². The second-order valence-corrected chi connectivity index (χ2v) is 6.63. The number of nitrogens with one attached hydrogen (secondary N) is 2. The molecular formula is C17H35N5O. The van der Waals surface area contributed by atoms with Crippen molar-refractivity contribution in [1.82, 2.24) is 20.4 Å². The van der Waals surface area contributed by atoms with Gasteiger partial charge in [0.1, 0.15) is 0 Å². The van der Waals surface area contributed by atoms with E-state index in [9.17, 15) is 0 Å². The molecule has 6 nitrogen and oxygen atoms in total. The number of hydrogen-bond acceptors (Lipinski definition) is 4. The van der Waals surface area contributed by atoms with Crippen molar-refractivity contribution in [3.63, 3.8) is 0 Å². The van der Waals surface area contributed by atoms with E-state index in [2.05, 4.69) is 39.4 Å². The van der Waals surface area contributed by atoms with Gasteiger partial charge in [-0.15, -0.1) is 0 Å². The molecule has 0 radical (unpaired) electrons. The maximum atomic E-state index is 5.63. The van der Waals surface area contributed by atoms with Crippen LogP contribution in [0.4, 0.5) is 0 Å². The fourth-order valence-corrected chi connectivity index (χ4v) is 3.16. The lowest BCUT2D eigenvalue weighted by atomic mass is 10.2. The van der Waals surface area contributed by atoms with E-state index < -0.39 is 0 Å². The van der Waals surface area contributed by atoms with Crippen molar-refractivity contribution in [2.45, 2.75) is 38.7 Å². The molecule has 134 valence electrons. The highest BCUT2D eigenvalue weighted by atomic mass is 16.5. The Morgan fingerprint density at radius 1 is 1.17 bits per heavy atom. The summed E-state index contributed by atoms with van der Waals surface area (Å²) in [5.74, 6) is 0.929. The second kappa shape index (κ2) is 10.8. The van der Waals surface area contributed by atoms with Crippen LogP contribution < -0.4 is 10.6 Å². The van der Waals surface area contributed by atoms with E-state index in [1.165, 1.54) is 45.6 Å². The standard InChI is InChI=1S/C17H35N5O/c1-3-18-17(20-15-16-7-4-14-23-16)19-8-5-10-22-11-6-9-21(2)12-13-22/h16H,3-15H2,1-2H3,(H2,18,19,20). The first-order valence-electron chi connectivity index (χ1n) is 9.32. The van der Waals surface area contributed by atoms with Gasteiger partial charge < -0.3 is 25.2 Å². The summed E-state index contributed by atoms with van der Waals surface area (Å²) in [5, 5.41) is 6.78. The van der Waals surface area contributed by atoms with E-state index in [1.54, 1.807) is 0 Å². The summed E-state index contributed by atoms with van der Waals surface area (Å²) in [6.45, 7) is 11.7. The molecule has 0 amide bonds. The molecule has 0 aromatic heterocycles. The van der Waals surface area contributed by atoms with Gasteiger partial charge in [-0.2, -0.15) is 0 Å². The third kappa shape index (κ3) is 7.50. The van der Waals surface area contributed by atoms with Crippen LogP contribution in [0.2, 0.25) is 0 Å². The number of aliphatic imine (C=N–C) groups is 1. The molecule has 0 aromatic rings. The summed E-state index contributed by atoms with van der Waals surface area (Å²) in [6, 6.07) is 0. The molecule has 6 heteroatoms. The van der Waals surface area contributed by atoms with Crippen LogP contribution in [0, 0.1) is 0 Å². The quantitative estimate of drug-likeness (QED) is 0.411. The number of hydrogen-bond donors (Lipinski definition) is 2. The molecule has 0 aliphatic carbocycles. The van der Waals surface area contributed by atoms with Crippen molar-refractivity contribution in [2.24, 2.45) is 4.99 Å². The third-order valence-corrected chi connectivity index (χ3v) is 4.58. The fraction of sp³-hybridized carbons (Fsp3) is 0.941. The number of ether oxygens (including phenoxy) is 1. The minimum absolute atomic E-state index is 0.319. The van der Waals surface area contributed by atoms with Gasteiger partial charge in [-0.1, -0.05) is 0 Å². The Morgan fingerprint density at radius 2 is 2.09 bits per heavy atom. The Morgan fingerprint density at radius 3 is 2.87 bits per heavy atom. The number of nitrogens with zero attached hydrogens (tertiary/aromatic N) is 3. The van der Waals surface area contributed by atoms with Crippen LogP contribution in [0.3, 0.4) is 0 Å². The molecule has 0 aromatic carbocycles. The zero-order valence-electron chi connectivity index (χ0n) is 15.0. The lowest BCUT2D eigenvalue weighted by molar-refractivity contribution is 0.117. The molecule has 1 unspecified atom stereocenters. The zero-order chi connectivity index (χ0) is 16.3. The van der Waals surface area contributed by atoms with Crippen molar-refractivity contribution < 1.29 is 4.74 Å². The number of likely N-dealkylation sites (N-methyl/N-ethyl adjacent to an activating group) is 1. The topological polar surface area (TPSA) is 52.1 Å². The van der Waals surface area contributed by atoms with Crippen LogP contribution in [0.15, 0.2) is 4.99 Å². The van der Waals surface area contributed by atoms with Gasteiger partial charge >= 0.3 is 0 Å². The molecule has 2 aliphatic rings. The monoisotopic (exact) mass is 325 g/mol. The average molecular weight is 326 g/mol. The molecule has 2 rings (SSSR count). The Labute approximate surface area is 141 Å². The third-order valence-electron chi connectivity index (χ3n) is 4.58. The van der Waals surface area contributed by atoms with Crippen LogP contribution >= 0.6 is 0 Å². The maximum Gasteiger partial charge on any atom is 0.191 e. The summed E-state index contributed by atoms with van der Waals surface area (Å²) in [7, 11) is 2.22. The summed E-state index contributed by atoms with van der Waals surface area (Å²) < 4.78 is 5.63. The molecule has 0 spiro atoms. The van der Waals surface area contributed by atoms with Crippen molar-refractivity contribution in [1.29, 1.82) is 0 Å². The van der Waals surface area contributed by atoms with Gasteiger partial charge in [0.2, 0.25) is 0 Å². The lowest BCUT2D eigenvalue weighted by Crippen LogP contribution is -2.39. The molecule has 2 heterocycles. The van der Waals surface area contributed by atoms with Gasteiger partial charge in [-0.05, 0) is 59.3 Å². The Kier molecular flexibility index (Phi) is 8.71. The lowest BCUT2D eigenvalue weighted by Gasteiger charge is -2.20. The van der Waals surface area contributed by atoms with E-state index in [4.69, 9.17) is 4.74 Å². The predicted molar refractivity (Wildman–Crippen MR) is 96.1 cm³/mol. The van der Waals surface area contributed by atoms with E-state index in [1.807, 2.05) is 0 Å². The summed E-state index contributed by atoms with van der Waals surface area (Å²) in [6.07, 6.45) is 5.09. The molecule has 2 fully saturated rings. The smallest absolute Gasteiger partial charge is 0.191 e. The van der Waals surface area contributed by atoms with Crippen molar-refractivity contribution in [2.75, 3.05) is 66.0 Å². The van der Waals surface area contributed by atoms with Gasteiger partial charge in [0, 0.05) is 32.8 Å². The van der Waals surface area contributed by atoms with Gasteiger partial charge in [-0.25, -0.2) is 0 Å². The molecule has 2 N–H and O–H groups in total. The Hall–Kier alpha value is -0.850. The zero-order valence-corrected chi connectivity index (χ0v) is 15.0. The first-order valence-corrected chi connectivity index (χ1v) is 9.32. The molecule has 2 aliphatic heterocycles. The van der Waals surface area contributed by atoms with Crippen molar-refractivity contribution >= 4 is 5.96 Å².